The molecule has 1 fully saturated rings. The zero-order valence-corrected chi connectivity index (χ0v) is 29.8. The predicted octanol–water partition coefficient (Wildman–Crippen LogP) is 10.4. The normalized spacial score (nSPS) is 19.0. The van der Waals surface area contributed by atoms with E-state index >= 15 is 0 Å². The summed E-state index contributed by atoms with van der Waals surface area (Å²) in [5.41, 5.74) is 9.59. The van der Waals surface area contributed by atoms with Gasteiger partial charge in [-0.05, 0) is 78.9 Å². The molecule has 5 heteroatoms. The first-order chi connectivity index (χ1) is 23.5. The van der Waals surface area contributed by atoms with E-state index in [9.17, 15) is 0 Å². The number of aryl methyl sites for hydroxylation is 2. The first-order valence-electron chi connectivity index (χ1n) is 18.0. The number of rotatable bonds is 15. The fourth-order valence-corrected chi connectivity index (χ4v) is 8.06. The summed E-state index contributed by atoms with van der Waals surface area (Å²) in [5, 5.41) is 7.64. The number of hydrogen-bond donors (Lipinski definition) is 0. The summed E-state index contributed by atoms with van der Waals surface area (Å²) in [7, 11) is 3.70. The molecule has 6 rings (SSSR count). The molecular weight excluding hydrogens is 590 g/mol. The van der Waals surface area contributed by atoms with E-state index in [0.717, 1.165) is 35.6 Å². The molecule has 5 nitrogen and oxygen atoms in total. The Morgan fingerprint density at radius 3 is 2.02 bits per heavy atom. The largest absolute Gasteiger partial charge is 0.380 e. The molecule has 0 spiro atoms. The molecule has 252 valence electrons. The van der Waals surface area contributed by atoms with Crippen LogP contribution in [0.2, 0.25) is 0 Å². The van der Waals surface area contributed by atoms with Crippen LogP contribution in [0.5, 0.6) is 0 Å². The molecule has 0 saturated heterocycles. The average molecular weight is 644 g/mol. The molecule has 1 saturated carbocycles. The molecule has 1 aliphatic carbocycles. The molecule has 2 atom stereocenters. The second-order valence-corrected chi connectivity index (χ2v) is 13.6. The fraction of sp³-hybridized carbons (Fsp3) is 0.419. The highest BCUT2D eigenvalue weighted by molar-refractivity contribution is 5.84. The van der Waals surface area contributed by atoms with Crippen LogP contribution in [0.1, 0.15) is 86.5 Å². The zero-order chi connectivity index (χ0) is 33.6. The first-order valence-corrected chi connectivity index (χ1v) is 18.0. The van der Waals surface area contributed by atoms with Crippen LogP contribution in [0.25, 0.3) is 27.7 Å². The Bertz CT molecular complexity index is 1760. The Morgan fingerprint density at radius 1 is 0.708 bits per heavy atom. The lowest BCUT2D eigenvalue weighted by molar-refractivity contribution is -0.115. The zero-order valence-electron chi connectivity index (χ0n) is 29.8. The Kier molecular flexibility index (Phi) is 11.0. The summed E-state index contributed by atoms with van der Waals surface area (Å²) in [4.78, 5) is 2.54. The van der Waals surface area contributed by atoms with E-state index in [-0.39, 0.29) is 24.0 Å². The van der Waals surface area contributed by atoms with Crippen LogP contribution in [0.3, 0.4) is 0 Å². The highest BCUT2D eigenvalue weighted by Crippen LogP contribution is 2.54. The van der Waals surface area contributed by atoms with Crippen molar-refractivity contribution >= 4 is 16.5 Å². The van der Waals surface area contributed by atoms with Gasteiger partial charge in [-0.1, -0.05) is 99.7 Å². The maximum atomic E-state index is 6.39. The van der Waals surface area contributed by atoms with E-state index < -0.39 is 0 Å². The van der Waals surface area contributed by atoms with Gasteiger partial charge in [-0.3, -0.25) is 0 Å². The van der Waals surface area contributed by atoms with Crippen molar-refractivity contribution < 1.29 is 9.47 Å². The third kappa shape index (κ3) is 6.81. The third-order valence-corrected chi connectivity index (χ3v) is 10.5. The van der Waals surface area contributed by atoms with Crippen molar-refractivity contribution in [2.24, 2.45) is 0 Å². The van der Waals surface area contributed by atoms with E-state index in [0.29, 0.717) is 0 Å². The van der Waals surface area contributed by atoms with Crippen LogP contribution in [0, 0.1) is 13.8 Å². The summed E-state index contributed by atoms with van der Waals surface area (Å²) in [6.45, 7) is 11.2. The van der Waals surface area contributed by atoms with Crippen molar-refractivity contribution in [1.29, 1.82) is 0 Å². The lowest BCUT2D eigenvalue weighted by Gasteiger charge is -2.51. The molecule has 0 aliphatic heterocycles. The SMILES string of the molecule is CCCCCCCCN(CC)c1cc(C)c(C2C(OC)C(c3cn(-c4ccc5ccccc5c4)nc3-c3ccccc3)C2OC)c(C)c1. The van der Waals surface area contributed by atoms with Crippen molar-refractivity contribution in [2.75, 3.05) is 32.2 Å². The molecule has 1 aliphatic rings. The lowest BCUT2D eigenvalue weighted by atomic mass is 9.61. The molecule has 0 radical (unpaired) electrons. The summed E-state index contributed by atoms with van der Waals surface area (Å²) in [6, 6.07) is 30.3. The molecule has 48 heavy (non-hydrogen) atoms. The van der Waals surface area contributed by atoms with E-state index in [4.69, 9.17) is 14.6 Å². The molecular formula is C43H53N3O2. The average Bonchev–Trinajstić information content (AvgIpc) is 3.54. The molecule has 2 unspecified atom stereocenters. The minimum absolute atomic E-state index is 0.0349. The van der Waals surface area contributed by atoms with E-state index in [1.165, 1.54) is 71.7 Å². The van der Waals surface area contributed by atoms with Gasteiger partial charge in [0.15, 0.2) is 0 Å². The standard InChI is InChI=1S/C43H53N3O2/c1-7-9-10-11-12-18-25-45(8-2)36-26-30(3)38(31(4)27-36)40-42(47-5)39(43(40)48-6)37-29-46(44-41(37)33-20-14-13-15-21-33)35-24-23-32-19-16-17-22-34(32)28-35/h13-17,19-24,26-29,39-40,42-43H,7-12,18,25H2,1-6H3. The van der Waals surface area contributed by atoms with E-state index in [1.54, 1.807) is 0 Å². The summed E-state index contributed by atoms with van der Waals surface area (Å²) < 4.78 is 14.8. The fourth-order valence-electron chi connectivity index (χ4n) is 8.06. The van der Waals surface area contributed by atoms with Gasteiger partial charge in [-0.2, -0.15) is 5.10 Å². The number of aromatic nitrogens is 2. The molecule has 1 aromatic heterocycles. The van der Waals surface area contributed by atoms with Gasteiger partial charge in [0.2, 0.25) is 0 Å². The third-order valence-electron chi connectivity index (χ3n) is 10.5. The number of benzene rings is 4. The van der Waals surface area contributed by atoms with Crippen LogP contribution < -0.4 is 4.90 Å². The molecule has 4 aromatic carbocycles. The van der Waals surface area contributed by atoms with Gasteiger partial charge in [0.25, 0.3) is 0 Å². The first kappa shape index (κ1) is 34.0. The number of hydrogen-bond acceptors (Lipinski definition) is 4. The molecule has 1 heterocycles. The second kappa shape index (κ2) is 15.5. The van der Waals surface area contributed by atoms with Crippen LogP contribution >= 0.6 is 0 Å². The number of nitrogens with zero attached hydrogens (tertiary/aromatic N) is 3. The summed E-state index contributed by atoms with van der Waals surface area (Å²) in [5.74, 6) is 0.160. The Morgan fingerprint density at radius 2 is 1.35 bits per heavy atom. The Hall–Kier alpha value is -3.93. The predicted molar refractivity (Wildman–Crippen MR) is 201 cm³/mol. The molecule has 5 aromatic rings. The maximum Gasteiger partial charge on any atom is 0.0964 e. The highest BCUT2D eigenvalue weighted by Gasteiger charge is 2.55. The van der Waals surface area contributed by atoms with Gasteiger partial charge in [-0.25, -0.2) is 4.68 Å². The quantitative estimate of drug-likeness (QED) is 0.106. The van der Waals surface area contributed by atoms with E-state index in [1.807, 2.05) is 18.9 Å². The lowest BCUT2D eigenvalue weighted by Crippen LogP contribution is -2.54. The highest BCUT2D eigenvalue weighted by atomic mass is 16.5. The van der Waals surface area contributed by atoms with Gasteiger partial charge in [0.05, 0.1) is 23.6 Å². The molecule has 0 N–H and O–H groups in total. The Balaban J connectivity index is 1.31. The Labute approximate surface area is 287 Å². The van der Waals surface area contributed by atoms with Gasteiger partial charge in [-0.15, -0.1) is 0 Å². The summed E-state index contributed by atoms with van der Waals surface area (Å²) >= 11 is 0. The van der Waals surface area contributed by atoms with Crippen molar-refractivity contribution in [2.45, 2.75) is 90.3 Å². The van der Waals surface area contributed by atoms with Crippen LogP contribution in [-0.4, -0.2) is 49.3 Å². The smallest absolute Gasteiger partial charge is 0.0964 e. The number of ether oxygens (including phenoxy) is 2. The van der Waals surface area contributed by atoms with Gasteiger partial charge >= 0.3 is 0 Å². The van der Waals surface area contributed by atoms with Crippen molar-refractivity contribution in [1.82, 2.24) is 9.78 Å². The van der Waals surface area contributed by atoms with Crippen molar-refractivity contribution in [3.8, 4) is 16.9 Å². The van der Waals surface area contributed by atoms with Crippen LogP contribution in [0.15, 0.2) is 91.1 Å². The maximum absolute atomic E-state index is 6.39. The minimum atomic E-state index is -0.0414. The van der Waals surface area contributed by atoms with Crippen LogP contribution in [-0.2, 0) is 9.47 Å². The van der Waals surface area contributed by atoms with Crippen LogP contribution in [0.4, 0.5) is 5.69 Å². The monoisotopic (exact) mass is 643 g/mol. The molecule has 0 amide bonds. The molecule has 0 bridgehead atoms. The second-order valence-electron chi connectivity index (χ2n) is 13.6. The van der Waals surface area contributed by atoms with Crippen molar-refractivity contribution in [3.05, 3.63) is 113 Å². The summed E-state index contributed by atoms with van der Waals surface area (Å²) in [6.07, 6.45) is 10.0. The van der Waals surface area contributed by atoms with Gasteiger partial charge in [0, 0.05) is 62.2 Å². The number of anilines is 1. The van der Waals surface area contributed by atoms with Gasteiger partial charge < -0.3 is 14.4 Å². The van der Waals surface area contributed by atoms with Gasteiger partial charge in [0.1, 0.15) is 0 Å². The van der Waals surface area contributed by atoms with E-state index in [2.05, 4.69) is 124 Å². The number of fused-ring (bicyclic) bond motifs is 1. The number of methoxy groups -OCH3 is 2. The number of unbranched alkanes of at least 4 members (excludes halogenated alkanes) is 5. The minimum Gasteiger partial charge on any atom is -0.380 e. The van der Waals surface area contributed by atoms with Crippen molar-refractivity contribution in [3.63, 3.8) is 0 Å². The topological polar surface area (TPSA) is 39.5 Å².